The van der Waals surface area contributed by atoms with Crippen LogP contribution in [0.15, 0.2) is 20.7 Å². The van der Waals surface area contributed by atoms with Crippen molar-refractivity contribution < 1.29 is 27.6 Å². The minimum Gasteiger partial charge on any atom is -0.435 e. The highest BCUT2D eigenvalue weighted by molar-refractivity contribution is 7.93. The topological polar surface area (TPSA) is 127 Å². The zero-order valence-electron chi connectivity index (χ0n) is 20.1. The normalized spacial score (nSPS) is 13.6. The number of alkyl halides is 2. The fourth-order valence-corrected chi connectivity index (χ4v) is 5.57. The van der Waals surface area contributed by atoms with Crippen LogP contribution < -0.4 is 15.2 Å². The quantitative estimate of drug-likeness (QED) is 0.425. The summed E-state index contributed by atoms with van der Waals surface area (Å²) in [6, 6.07) is 1.91. The summed E-state index contributed by atoms with van der Waals surface area (Å²) in [6.07, 6.45) is 0. The van der Waals surface area contributed by atoms with E-state index in [-0.39, 0.29) is 35.3 Å². The van der Waals surface area contributed by atoms with Crippen molar-refractivity contribution in [3.63, 3.8) is 0 Å². The maximum Gasteiger partial charge on any atom is 0.387 e. The van der Waals surface area contributed by atoms with E-state index < -0.39 is 28.2 Å². The van der Waals surface area contributed by atoms with E-state index in [4.69, 9.17) is 5.14 Å². The van der Waals surface area contributed by atoms with E-state index in [1.54, 1.807) is 6.92 Å². The van der Waals surface area contributed by atoms with Crippen LogP contribution in [0, 0.1) is 6.92 Å². The monoisotopic (exact) mass is 538 g/mol. The smallest absolute Gasteiger partial charge is 0.387 e. The van der Waals surface area contributed by atoms with Gasteiger partial charge in [-0.15, -0.1) is 15.7 Å². The van der Waals surface area contributed by atoms with Crippen LogP contribution >= 0.6 is 24.8 Å². The number of aliphatic hydroxyl groups is 1. The van der Waals surface area contributed by atoms with Gasteiger partial charge in [0.15, 0.2) is 9.92 Å². The minimum absolute atomic E-state index is 0. The molecule has 0 saturated carbocycles. The van der Waals surface area contributed by atoms with Gasteiger partial charge in [-0.25, -0.2) is 19.1 Å². The third-order valence-corrected chi connectivity index (χ3v) is 8.13. The van der Waals surface area contributed by atoms with Crippen LogP contribution in [-0.2, 0) is 15.5 Å². The van der Waals surface area contributed by atoms with Gasteiger partial charge in [0, 0.05) is 5.69 Å². The van der Waals surface area contributed by atoms with Crippen molar-refractivity contribution in [2.45, 2.75) is 76.7 Å². The first-order chi connectivity index (χ1) is 15.0. The number of hydrogen-bond donors (Lipinski definition) is 3. The number of nitrogens with two attached hydrogens (primary N) is 1. The van der Waals surface area contributed by atoms with E-state index >= 15 is 0 Å². The maximum absolute atomic E-state index is 13.1. The minimum atomic E-state index is -3.66. The van der Waals surface area contributed by atoms with Gasteiger partial charge in [-0.05, 0) is 55.9 Å². The molecule has 0 bridgehead atoms. The third-order valence-electron chi connectivity index (χ3n) is 4.64. The van der Waals surface area contributed by atoms with Gasteiger partial charge in [-0.1, -0.05) is 27.7 Å². The van der Waals surface area contributed by atoms with Gasteiger partial charge < -0.3 is 15.2 Å². The summed E-state index contributed by atoms with van der Waals surface area (Å²) in [4.78, 5) is 17.0. The van der Waals surface area contributed by atoms with Crippen molar-refractivity contribution in [3.8, 4) is 5.75 Å². The van der Waals surface area contributed by atoms with Crippen LogP contribution in [0.25, 0.3) is 0 Å². The lowest BCUT2D eigenvalue weighted by atomic mass is 9.92. The van der Waals surface area contributed by atoms with Crippen molar-refractivity contribution in [3.05, 3.63) is 34.0 Å². The lowest BCUT2D eigenvalue weighted by Gasteiger charge is -2.21. The van der Waals surface area contributed by atoms with Crippen molar-refractivity contribution >= 4 is 46.5 Å². The molecular weight excluding hydrogens is 506 g/mol. The lowest BCUT2D eigenvalue weighted by Crippen LogP contribution is -2.19. The molecular formula is C21H32F2N4O4S3. The number of urea groups is 1. The predicted molar refractivity (Wildman–Crippen MR) is 136 cm³/mol. The summed E-state index contributed by atoms with van der Waals surface area (Å²) < 4.78 is 47.0. The Labute approximate surface area is 210 Å². The molecule has 0 aliphatic carbocycles. The standard InChI is InChI=1S/C21H30F2N4O4S2.H2S/c1-10(2)14-8-13(31-19(22)23)9-15(11(3)4)16(14)26-20(28)27-33(24,30)17-12(5)25-18(32-17)21(6,7)29;/h8-11,19,29H,1-7H3,(H3,24,26,27,28,30);1H2. The first-order valence-corrected chi connectivity index (χ1v) is 12.6. The fourth-order valence-electron chi connectivity index (χ4n) is 3.09. The molecule has 1 aromatic carbocycles. The summed E-state index contributed by atoms with van der Waals surface area (Å²) in [7, 11) is -3.66. The molecule has 0 aliphatic heterocycles. The van der Waals surface area contributed by atoms with E-state index in [0.29, 0.717) is 27.5 Å². The number of halogens is 2. The Kier molecular flexibility index (Phi) is 10.0. The summed E-state index contributed by atoms with van der Waals surface area (Å²) in [5.41, 5.74) is 0.528. The second-order valence-corrected chi connectivity index (χ2v) is 11.7. The number of hydrogen-bond acceptors (Lipinski definition) is 6. The number of thiazole rings is 1. The van der Waals surface area contributed by atoms with Gasteiger partial charge in [-0.2, -0.15) is 22.3 Å². The van der Waals surface area contributed by atoms with E-state index in [1.165, 1.54) is 26.0 Å². The summed E-state index contributed by atoms with van der Waals surface area (Å²) >= 11 is 0.922. The number of carbonyl (C=O) groups excluding carboxylic acids is 1. The number of benzene rings is 1. The molecule has 0 radical (unpaired) electrons. The number of nitrogens with one attached hydrogen (secondary N) is 1. The lowest BCUT2D eigenvalue weighted by molar-refractivity contribution is -0.0499. The van der Waals surface area contributed by atoms with Crippen molar-refractivity contribution in [2.24, 2.45) is 9.50 Å². The molecule has 2 rings (SSSR count). The van der Waals surface area contributed by atoms with E-state index in [1.807, 2.05) is 27.7 Å². The zero-order valence-corrected chi connectivity index (χ0v) is 22.7. The Balaban J connectivity index is 0.00000578. The van der Waals surface area contributed by atoms with E-state index in [2.05, 4.69) is 19.4 Å². The number of carbonyl (C=O) groups is 1. The van der Waals surface area contributed by atoms with Gasteiger partial charge >= 0.3 is 12.6 Å². The van der Waals surface area contributed by atoms with Crippen molar-refractivity contribution in [2.75, 3.05) is 5.32 Å². The molecule has 2 aromatic rings. The van der Waals surface area contributed by atoms with Crippen LogP contribution in [0.2, 0.25) is 0 Å². The second-order valence-electron chi connectivity index (χ2n) is 8.71. The molecule has 192 valence electrons. The second kappa shape index (κ2) is 11.3. The summed E-state index contributed by atoms with van der Waals surface area (Å²) in [5, 5.41) is 19.0. The highest BCUT2D eigenvalue weighted by atomic mass is 32.2. The van der Waals surface area contributed by atoms with E-state index in [9.17, 15) is 22.9 Å². The number of anilines is 1. The maximum atomic E-state index is 13.1. The molecule has 13 heteroatoms. The molecule has 34 heavy (non-hydrogen) atoms. The molecule has 8 nitrogen and oxygen atoms in total. The molecule has 2 amide bonds. The SMILES string of the molecule is Cc1nc(C(C)(C)O)sc1S(N)(=O)=NC(=O)Nc1c(C(C)C)cc(OC(F)F)cc1C(C)C.S. The number of rotatable bonds is 7. The van der Waals surface area contributed by atoms with Crippen LogP contribution in [0.4, 0.5) is 19.3 Å². The molecule has 1 atom stereocenters. The van der Waals surface area contributed by atoms with Crippen LogP contribution in [-0.4, -0.2) is 26.9 Å². The molecule has 0 fully saturated rings. The van der Waals surface area contributed by atoms with Crippen molar-refractivity contribution in [1.82, 2.24) is 4.98 Å². The third kappa shape index (κ3) is 7.35. The van der Waals surface area contributed by atoms with Crippen molar-refractivity contribution in [1.29, 1.82) is 0 Å². The van der Waals surface area contributed by atoms with Crippen LogP contribution in [0.3, 0.4) is 0 Å². The average molecular weight is 539 g/mol. The first-order valence-electron chi connectivity index (χ1n) is 10.2. The largest absolute Gasteiger partial charge is 0.435 e. The van der Waals surface area contributed by atoms with Crippen LogP contribution in [0.1, 0.15) is 75.2 Å². The molecule has 1 heterocycles. The Hall–Kier alpha value is -1.80. The molecule has 4 N–H and O–H groups in total. The highest BCUT2D eigenvalue weighted by Crippen LogP contribution is 2.37. The number of nitrogens with zero attached hydrogens (tertiary/aromatic N) is 2. The molecule has 0 spiro atoms. The fraction of sp³-hybridized carbons (Fsp3) is 0.524. The Morgan fingerprint density at radius 2 is 1.74 bits per heavy atom. The van der Waals surface area contributed by atoms with E-state index in [0.717, 1.165) is 11.3 Å². The molecule has 1 aromatic heterocycles. The summed E-state index contributed by atoms with van der Waals surface area (Å²) in [6.45, 7) is 8.98. The number of amides is 2. The summed E-state index contributed by atoms with van der Waals surface area (Å²) in [5.74, 6) is -0.326. The number of aromatic nitrogens is 1. The molecule has 0 aliphatic rings. The molecule has 1 unspecified atom stereocenters. The van der Waals surface area contributed by atoms with Gasteiger partial charge in [0.05, 0.1) is 5.69 Å². The number of ether oxygens (including phenoxy) is 1. The van der Waals surface area contributed by atoms with Gasteiger partial charge in [0.2, 0.25) is 0 Å². The number of aryl methyl sites for hydroxylation is 1. The zero-order chi connectivity index (χ0) is 25.3. The van der Waals surface area contributed by atoms with Crippen LogP contribution in [0.5, 0.6) is 5.75 Å². The first kappa shape index (κ1) is 30.2. The predicted octanol–water partition coefficient (Wildman–Crippen LogP) is 5.57. The highest BCUT2D eigenvalue weighted by Gasteiger charge is 2.26. The van der Waals surface area contributed by atoms with Gasteiger partial charge in [-0.3, -0.25) is 0 Å². The van der Waals surface area contributed by atoms with Gasteiger partial charge in [0.1, 0.15) is 20.6 Å². The Bertz CT molecular complexity index is 1120. The Morgan fingerprint density at radius 3 is 2.12 bits per heavy atom. The average Bonchev–Trinajstić information content (AvgIpc) is 3.04. The molecule has 0 saturated heterocycles. The van der Waals surface area contributed by atoms with Gasteiger partial charge in [0.25, 0.3) is 0 Å². The Morgan fingerprint density at radius 1 is 1.24 bits per heavy atom.